The van der Waals surface area contributed by atoms with Crippen molar-refractivity contribution < 1.29 is 9.90 Å². The van der Waals surface area contributed by atoms with E-state index in [1.54, 1.807) is 0 Å². The summed E-state index contributed by atoms with van der Waals surface area (Å²) in [7, 11) is 2.08. The third-order valence-electron chi connectivity index (χ3n) is 4.89. The van der Waals surface area contributed by atoms with Crippen molar-refractivity contribution in [3.05, 3.63) is 0 Å². The molecule has 5 nitrogen and oxygen atoms in total. The van der Waals surface area contributed by atoms with Gasteiger partial charge in [-0.1, -0.05) is 0 Å². The summed E-state index contributed by atoms with van der Waals surface area (Å²) in [5.41, 5.74) is -0.202. The van der Waals surface area contributed by atoms with E-state index in [0.717, 1.165) is 58.5 Å². The lowest BCUT2D eigenvalue weighted by Crippen LogP contribution is -2.44. The first-order valence-electron chi connectivity index (χ1n) is 7.83. The maximum Gasteiger partial charge on any atom is 0.227 e. The van der Waals surface area contributed by atoms with E-state index in [0.29, 0.717) is 5.92 Å². The molecule has 2 aliphatic heterocycles. The molecule has 0 spiro atoms. The molecular weight excluding hydrogens is 254 g/mol. The number of carbonyl (C=O) groups is 1. The first-order chi connectivity index (χ1) is 9.53. The third-order valence-corrected chi connectivity index (χ3v) is 4.89. The minimum absolute atomic E-state index is 0.202. The molecule has 0 radical (unpaired) electrons. The fraction of sp³-hybridized carbons (Fsp3) is 0.933. The van der Waals surface area contributed by atoms with Crippen LogP contribution in [0, 0.1) is 11.3 Å². The Morgan fingerprint density at radius 3 is 2.60 bits per heavy atom. The summed E-state index contributed by atoms with van der Waals surface area (Å²) in [4.78, 5) is 16.9. The second-order valence-electron chi connectivity index (χ2n) is 6.77. The molecule has 5 heteroatoms. The number of likely N-dealkylation sites (tertiary alicyclic amines) is 2. The van der Waals surface area contributed by atoms with Gasteiger partial charge in [0, 0.05) is 19.6 Å². The minimum Gasteiger partial charge on any atom is -0.395 e. The highest BCUT2D eigenvalue weighted by Gasteiger charge is 2.38. The molecule has 1 unspecified atom stereocenters. The number of nitrogens with one attached hydrogen (secondary N) is 1. The number of rotatable bonds is 5. The number of amides is 1. The van der Waals surface area contributed by atoms with Gasteiger partial charge in [-0.2, -0.15) is 0 Å². The zero-order valence-electron chi connectivity index (χ0n) is 12.9. The van der Waals surface area contributed by atoms with Gasteiger partial charge < -0.3 is 20.2 Å². The first-order valence-corrected chi connectivity index (χ1v) is 7.83. The molecule has 2 heterocycles. The summed E-state index contributed by atoms with van der Waals surface area (Å²) in [5, 5.41) is 12.1. The number of aliphatic hydroxyl groups excluding tert-OH is 1. The van der Waals surface area contributed by atoms with Crippen LogP contribution in [0.2, 0.25) is 0 Å². The van der Waals surface area contributed by atoms with E-state index in [4.69, 9.17) is 5.11 Å². The molecule has 0 bridgehead atoms. The normalized spacial score (nSPS) is 29.8. The summed E-state index contributed by atoms with van der Waals surface area (Å²) >= 11 is 0. The molecule has 1 amide bonds. The maximum atomic E-state index is 12.3. The monoisotopic (exact) mass is 283 g/mol. The van der Waals surface area contributed by atoms with E-state index in [9.17, 15) is 4.79 Å². The SMILES string of the molecule is CN1CCC(C)(C(=O)NCC2CCN(CCO)CC2)C1. The predicted octanol–water partition coefficient (Wildman–Crippen LogP) is 0.149. The Hall–Kier alpha value is -0.650. The van der Waals surface area contributed by atoms with Gasteiger partial charge in [-0.05, 0) is 58.8 Å². The Morgan fingerprint density at radius 1 is 1.35 bits per heavy atom. The summed E-state index contributed by atoms with van der Waals surface area (Å²) in [6.45, 7) is 7.89. The zero-order chi connectivity index (χ0) is 14.6. The van der Waals surface area contributed by atoms with Crippen LogP contribution >= 0.6 is 0 Å². The van der Waals surface area contributed by atoms with E-state index in [2.05, 4.69) is 29.1 Å². The van der Waals surface area contributed by atoms with Crippen LogP contribution in [0.25, 0.3) is 0 Å². The average Bonchev–Trinajstić information content (AvgIpc) is 2.79. The van der Waals surface area contributed by atoms with Gasteiger partial charge in [0.25, 0.3) is 0 Å². The molecule has 2 fully saturated rings. The fourth-order valence-corrected chi connectivity index (χ4v) is 3.38. The van der Waals surface area contributed by atoms with Crippen molar-refractivity contribution in [2.75, 3.05) is 52.9 Å². The lowest BCUT2D eigenvalue weighted by Gasteiger charge is -2.32. The molecule has 2 aliphatic rings. The standard InChI is InChI=1S/C15H29N3O2/c1-15(5-8-17(2)12-15)14(20)16-11-13-3-6-18(7-4-13)9-10-19/h13,19H,3-12H2,1-2H3,(H,16,20). The highest BCUT2D eigenvalue weighted by molar-refractivity contribution is 5.82. The third kappa shape index (κ3) is 3.93. The summed E-state index contributed by atoms with van der Waals surface area (Å²) in [6, 6.07) is 0. The minimum atomic E-state index is -0.202. The van der Waals surface area contributed by atoms with Gasteiger partial charge in [0.05, 0.1) is 12.0 Å². The Morgan fingerprint density at radius 2 is 2.05 bits per heavy atom. The molecule has 0 aromatic rings. The maximum absolute atomic E-state index is 12.3. The van der Waals surface area contributed by atoms with Crippen molar-refractivity contribution >= 4 is 5.91 Å². The van der Waals surface area contributed by atoms with Crippen LogP contribution in [0.4, 0.5) is 0 Å². The van der Waals surface area contributed by atoms with Crippen molar-refractivity contribution in [3.63, 3.8) is 0 Å². The molecule has 0 aromatic carbocycles. The zero-order valence-corrected chi connectivity index (χ0v) is 12.9. The van der Waals surface area contributed by atoms with Crippen LogP contribution in [-0.2, 0) is 4.79 Å². The summed E-state index contributed by atoms with van der Waals surface area (Å²) in [5.74, 6) is 0.816. The largest absolute Gasteiger partial charge is 0.395 e. The lowest BCUT2D eigenvalue weighted by molar-refractivity contribution is -0.129. The lowest BCUT2D eigenvalue weighted by atomic mass is 9.88. The van der Waals surface area contributed by atoms with Crippen molar-refractivity contribution in [1.82, 2.24) is 15.1 Å². The molecule has 1 atom stereocenters. The van der Waals surface area contributed by atoms with Crippen LogP contribution in [0.1, 0.15) is 26.2 Å². The Kier molecular flexibility index (Phi) is 5.41. The smallest absolute Gasteiger partial charge is 0.227 e. The van der Waals surface area contributed by atoms with Crippen LogP contribution in [0.3, 0.4) is 0 Å². The van der Waals surface area contributed by atoms with Gasteiger partial charge in [-0.25, -0.2) is 0 Å². The van der Waals surface area contributed by atoms with Gasteiger partial charge >= 0.3 is 0 Å². The molecule has 0 aliphatic carbocycles. The van der Waals surface area contributed by atoms with Gasteiger partial charge in [-0.15, -0.1) is 0 Å². The summed E-state index contributed by atoms with van der Waals surface area (Å²) < 4.78 is 0. The molecule has 116 valence electrons. The van der Waals surface area contributed by atoms with Gasteiger partial charge in [0.15, 0.2) is 0 Å². The number of β-amino-alcohol motifs (C(OH)–C–C–N with tert-alkyl or cyclic N) is 1. The van der Waals surface area contributed by atoms with Gasteiger partial charge in [-0.3, -0.25) is 4.79 Å². The predicted molar refractivity (Wildman–Crippen MR) is 79.5 cm³/mol. The fourth-order valence-electron chi connectivity index (χ4n) is 3.38. The van der Waals surface area contributed by atoms with Crippen LogP contribution in [0.15, 0.2) is 0 Å². The van der Waals surface area contributed by atoms with E-state index >= 15 is 0 Å². The number of piperidine rings is 1. The molecule has 2 N–H and O–H groups in total. The molecule has 2 rings (SSSR count). The van der Waals surface area contributed by atoms with E-state index < -0.39 is 0 Å². The number of hydrogen-bond acceptors (Lipinski definition) is 4. The molecule has 20 heavy (non-hydrogen) atoms. The number of nitrogens with zero attached hydrogens (tertiary/aromatic N) is 2. The van der Waals surface area contributed by atoms with Gasteiger partial charge in [0.2, 0.25) is 5.91 Å². The van der Waals surface area contributed by atoms with Crippen molar-refractivity contribution in [3.8, 4) is 0 Å². The van der Waals surface area contributed by atoms with E-state index in [1.165, 1.54) is 0 Å². The molecule has 0 aromatic heterocycles. The summed E-state index contributed by atoms with van der Waals surface area (Å²) in [6.07, 6.45) is 3.21. The quantitative estimate of drug-likeness (QED) is 0.754. The van der Waals surface area contributed by atoms with Crippen molar-refractivity contribution in [2.24, 2.45) is 11.3 Å². The first kappa shape index (κ1) is 15.7. The average molecular weight is 283 g/mol. The Bertz CT molecular complexity index is 329. The van der Waals surface area contributed by atoms with Gasteiger partial charge in [0.1, 0.15) is 0 Å². The highest BCUT2D eigenvalue weighted by Crippen LogP contribution is 2.29. The second kappa shape index (κ2) is 6.87. The number of hydrogen-bond donors (Lipinski definition) is 2. The molecular formula is C15H29N3O2. The Labute approximate surface area is 122 Å². The Balaban J connectivity index is 1.69. The molecule has 0 saturated carbocycles. The topological polar surface area (TPSA) is 55.8 Å². The van der Waals surface area contributed by atoms with Crippen molar-refractivity contribution in [1.29, 1.82) is 0 Å². The highest BCUT2D eigenvalue weighted by atomic mass is 16.3. The van der Waals surface area contributed by atoms with Crippen LogP contribution in [-0.4, -0.2) is 73.7 Å². The number of carbonyl (C=O) groups excluding carboxylic acids is 1. The second-order valence-corrected chi connectivity index (χ2v) is 6.77. The van der Waals surface area contributed by atoms with Crippen LogP contribution < -0.4 is 5.32 Å². The van der Waals surface area contributed by atoms with E-state index in [1.807, 2.05) is 0 Å². The number of aliphatic hydroxyl groups is 1. The molecule has 2 saturated heterocycles. The van der Waals surface area contributed by atoms with Crippen molar-refractivity contribution in [2.45, 2.75) is 26.2 Å². The van der Waals surface area contributed by atoms with E-state index in [-0.39, 0.29) is 17.9 Å². The van der Waals surface area contributed by atoms with Crippen LogP contribution in [0.5, 0.6) is 0 Å².